The summed E-state index contributed by atoms with van der Waals surface area (Å²) in [4.78, 5) is 0. The Bertz CT molecular complexity index is 218. The Kier molecular flexibility index (Phi) is 2.60. The van der Waals surface area contributed by atoms with Crippen LogP contribution in [0.3, 0.4) is 0 Å². The standard InChI is InChI=1S/C9H10FO/c1-7(11-2)8-3-5-9(10)6-4-8/h3-7H,1H2,2H3. The molecule has 0 saturated carbocycles. The summed E-state index contributed by atoms with van der Waals surface area (Å²) in [7, 11) is 1.57. The van der Waals surface area contributed by atoms with Gasteiger partial charge in [-0.15, -0.1) is 0 Å². The van der Waals surface area contributed by atoms with Crippen LogP contribution in [0.4, 0.5) is 4.39 Å². The van der Waals surface area contributed by atoms with E-state index >= 15 is 0 Å². The van der Waals surface area contributed by atoms with E-state index in [-0.39, 0.29) is 11.9 Å². The first kappa shape index (κ1) is 8.21. The van der Waals surface area contributed by atoms with Crippen molar-refractivity contribution < 1.29 is 9.13 Å². The summed E-state index contributed by atoms with van der Waals surface area (Å²) in [5, 5.41) is 0. The van der Waals surface area contributed by atoms with Crippen molar-refractivity contribution in [3.8, 4) is 0 Å². The molecule has 0 spiro atoms. The second kappa shape index (κ2) is 3.49. The smallest absolute Gasteiger partial charge is 0.123 e. The van der Waals surface area contributed by atoms with Crippen LogP contribution in [-0.2, 0) is 4.74 Å². The molecule has 1 aromatic carbocycles. The van der Waals surface area contributed by atoms with Gasteiger partial charge >= 0.3 is 0 Å². The van der Waals surface area contributed by atoms with Crippen LogP contribution in [0.2, 0.25) is 0 Å². The van der Waals surface area contributed by atoms with Crippen LogP contribution < -0.4 is 0 Å². The molecule has 1 atom stereocenters. The Labute approximate surface area is 65.8 Å². The average Bonchev–Trinajstić information content (AvgIpc) is 2.05. The minimum absolute atomic E-state index is 0.212. The van der Waals surface area contributed by atoms with Gasteiger partial charge in [-0.2, -0.15) is 0 Å². The predicted octanol–water partition coefficient (Wildman–Crippen LogP) is 2.35. The summed E-state index contributed by atoms with van der Waals surface area (Å²) in [6.45, 7) is 3.71. The SMILES string of the molecule is [CH2]C(OC)c1ccc(F)cc1. The fourth-order valence-electron chi connectivity index (χ4n) is 0.814. The van der Waals surface area contributed by atoms with Crippen molar-refractivity contribution >= 4 is 0 Å². The Hall–Kier alpha value is -0.890. The van der Waals surface area contributed by atoms with Gasteiger partial charge in [0.15, 0.2) is 0 Å². The van der Waals surface area contributed by atoms with Gasteiger partial charge in [-0.1, -0.05) is 12.1 Å². The summed E-state index contributed by atoms with van der Waals surface area (Å²) in [6, 6.07) is 6.12. The van der Waals surface area contributed by atoms with Crippen molar-refractivity contribution in [1.29, 1.82) is 0 Å². The van der Waals surface area contributed by atoms with Crippen molar-refractivity contribution in [1.82, 2.24) is 0 Å². The monoisotopic (exact) mass is 153 g/mol. The third-order valence-corrected chi connectivity index (χ3v) is 1.53. The molecular formula is C9H10FO. The molecule has 0 aliphatic heterocycles. The number of hydrogen-bond acceptors (Lipinski definition) is 1. The van der Waals surface area contributed by atoms with Crippen LogP contribution in [0, 0.1) is 12.7 Å². The molecule has 1 rings (SSSR count). The summed E-state index contributed by atoms with van der Waals surface area (Å²) < 4.78 is 17.3. The molecule has 0 N–H and O–H groups in total. The largest absolute Gasteiger partial charge is 0.377 e. The second-order valence-corrected chi connectivity index (χ2v) is 2.28. The highest BCUT2D eigenvalue weighted by molar-refractivity contribution is 5.19. The highest BCUT2D eigenvalue weighted by atomic mass is 19.1. The molecule has 59 valence electrons. The highest BCUT2D eigenvalue weighted by Crippen LogP contribution is 2.14. The lowest BCUT2D eigenvalue weighted by Gasteiger charge is -2.08. The normalized spacial score (nSPS) is 13.0. The number of rotatable bonds is 2. The van der Waals surface area contributed by atoms with Crippen LogP contribution in [-0.4, -0.2) is 7.11 Å². The first-order valence-electron chi connectivity index (χ1n) is 3.35. The maximum absolute atomic E-state index is 12.4. The van der Waals surface area contributed by atoms with E-state index in [1.165, 1.54) is 12.1 Å². The van der Waals surface area contributed by atoms with Gasteiger partial charge in [0.2, 0.25) is 0 Å². The maximum atomic E-state index is 12.4. The van der Waals surface area contributed by atoms with Gasteiger partial charge in [-0.25, -0.2) is 4.39 Å². The van der Waals surface area contributed by atoms with E-state index in [0.29, 0.717) is 0 Å². The number of methoxy groups -OCH3 is 1. The number of hydrogen-bond donors (Lipinski definition) is 0. The molecule has 0 aliphatic rings. The minimum atomic E-state index is -0.239. The number of benzene rings is 1. The van der Waals surface area contributed by atoms with Crippen molar-refractivity contribution in [2.75, 3.05) is 7.11 Å². The van der Waals surface area contributed by atoms with Crippen LogP contribution in [0.5, 0.6) is 0 Å². The van der Waals surface area contributed by atoms with Gasteiger partial charge in [0.05, 0.1) is 6.10 Å². The molecule has 1 nitrogen and oxygen atoms in total. The van der Waals surface area contributed by atoms with Crippen LogP contribution >= 0.6 is 0 Å². The van der Waals surface area contributed by atoms with E-state index in [4.69, 9.17) is 4.74 Å². The van der Waals surface area contributed by atoms with Gasteiger partial charge in [-0.05, 0) is 24.6 Å². The van der Waals surface area contributed by atoms with E-state index in [1.807, 2.05) is 0 Å². The summed E-state index contributed by atoms with van der Waals surface area (Å²) >= 11 is 0. The molecule has 0 fully saturated rings. The zero-order valence-electron chi connectivity index (χ0n) is 6.38. The fraction of sp³-hybridized carbons (Fsp3) is 0.222. The molecule has 1 aromatic rings. The molecule has 0 amide bonds. The maximum Gasteiger partial charge on any atom is 0.123 e. The Morgan fingerprint density at radius 2 is 1.91 bits per heavy atom. The molecule has 1 unspecified atom stereocenters. The lowest BCUT2D eigenvalue weighted by molar-refractivity contribution is 0.140. The van der Waals surface area contributed by atoms with E-state index < -0.39 is 0 Å². The van der Waals surface area contributed by atoms with Crippen molar-refractivity contribution in [2.24, 2.45) is 0 Å². The predicted molar refractivity (Wildman–Crippen MR) is 41.5 cm³/mol. The van der Waals surface area contributed by atoms with Gasteiger partial charge in [0.1, 0.15) is 5.82 Å². The second-order valence-electron chi connectivity index (χ2n) is 2.28. The van der Waals surface area contributed by atoms with Gasteiger partial charge in [0.25, 0.3) is 0 Å². The number of ether oxygens (including phenoxy) is 1. The fourth-order valence-corrected chi connectivity index (χ4v) is 0.814. The molecular weight excluding hydrogens is 143 g/mol. The van der Waals surface area contributed by atoms with Crippen LogP contribution in [0.1, 0.15) is 11.7 Å². The minimum Gasteiger partial charge on any atom is -0.377 e. The third-order valence-electron chi connectivity index (χ3n) is 1.53. The lowest BCUT2D eigenvalue weighted by Crippen LogP contribution is -1.95. The van der Waals surface area contributed by atoms with Gasteiger partial charge in [0, 0.05) is 7.11 Å². The van der Waals surface area contributed by atoms with Crippen LogP contribution in [0.25, 0.3) is 0 Å². The van der Waals surface area contributed by atoms with E-state index in [9.17, 15) is 4.39 Å². The zero-order chi connectivity index (χ0) is 8.27. The molecule has 0 aromatic heterocycles. The van der Waals surface area contributed by atoms with Crippen molar-refractivity contribution in [2.45, 2.75) is 6.10 Å². The summed E-state index contributed by atoms with van der Waals surface area (Å²) in [5.41, 5.74) is 0.883. The first-order valence-corrected chi connectivity index (χ1v) is 3.35. The third kappa shape index (κ3) is 2.02. The molecule has 0 saturated heterocycles. The van der Waals surface area contributed by atoms with E-state index in [1.54, 1.807) is 19.2 Å². The van der Waals surface area contributed by atoms with Gasteiger partial charge < -0.3 is 4.74 Å². The van der Waals surface area contributed by atoms with Crippen LogP contribution in [0.15, 0.2) is 24.3 Å². The summed E-state index contributed by atoms with van der Waals surface area (Å²) in [5.74, 6) is -0.239. The van der Waals surface area contributed by atoms with Crippen molar-refractivity contribution in [3.05, 3.63) is 42.6 Å². The van der Waals surface area contributed by atoms with Gasteiger partial charge in [-0.3, -0.25) is 0 Å². The quantitative estimate of drug-likeness (QED) is 0.633. The van der Waals surface area contributed by atoms with E-state index in [0.717, 1.165) is 5.56 Å². The zero-order valence-corrected chi connectivity index (χ0v) is 6.38. The molecule has 0 heterocycles. The molecule has 11 heavy (non-hydrogen) atoms. The Balaban J connectivity index is 2.81. The topological polar surface area (TPSA) is 9.23 Å². The average molecular weight is 153 g/mol. The summed E-state index contributed by atoms with van der Waals surface area (Å²) in [6.07, 6.45) is -0.212. The first-order chi connectivity index (χ1) is 5.24. The number of halogens is 1. The highest BCUT2D eigenvalue weighted by Gasteiger charge is 2.01. The van der Waals surface area contributed by atoms with E-state index in [2.05, 4.69) is 6.92 Å². The molecule has 1 radical (unpaired) electrons. The Morgan fingerprint density at radius 3 is 2.36 bits per heavy atom. The van der Waals surface area contributed by atoms with Crippen molar-refractivity contribution in [3.63, 3.8) is 0 Å². The Morgan fingerprint density at radius 1 is 1.36 bits per heavy atom. The molecule has 0 bridgehead atoms. The molecule has 0 aliphatic carbocycles. The molecule has 2 heteroatoms. The lowest BCUT2D eigenvalue weighted by atomic mass is 10.1.